The van der Waals surface area contributed by atoms with Gasteiger partial charge in [0.05, 0.1) is 12.9 Å². The molecule has 2 aromatic rings. The second kappa shape index (κ2) is 11.8. The third-order valence-corrected chi connectivity index (χ3v) is 18.9. The summed E-state index contributed by atoms with van der Waals surface area (Å²) in [6, 6.07) is 0. The van der Waals surface area contributed by atoms with Crippen LogP contribution in [0.25, 0.3) is 11.2 Å². The highest BCUT2D eigenvalue weighted by Crippen LogP contribution is 2.52. The first-order valence-electron chi connectivity index (χ1n) is 15.1. The van der Waals surface area contributed by atoms with Gasteiger partial charge < -0.3 is 23.0 Å². The zero-order valence-corrected chi connectivity index (χ0v) is 29.1. The highest BCUT2D eigenvalue weighted by Gasteiger charge is 2.65. The van der Waals surface area contributed by atoms with Crippen LogP contribution in [0.15, 0.2) is 6.33 Å². The molecule has 0 aliphatic carbocycles. The Balaban J connectivity index is 1.82. The number of rotatable bonds is 8. The Morgan fingerprint density at radius 3 is 2.14 bits per heavy atom. The Morgan fingerprint density at radius 2 is 1.62 bits per heavy atom. The number of alkyl halides is 1. The predicted octanol–water partition coefficient (Wildman–Crippen LogP) is 6.04. The molecule has 0 aromatic carbocycles. The summed E-state index contributed by atoms with van der Waals surface area (Å²) in [4.78, 5) is 25.9. The van der Waals surface area contributed by atoms with Crippen LogP contribution in [0, 0.1) is 5.92 Å². The smallest absolute Gasteiger partial charge is 0.335 e. The molecule has 1 amide bonds. The lowest BCUT2D eigenvalue weighted by Gasteiger charge is -2.51. The van der Waals surface area contributed by atoms with Crippen LogP contribution < -0.4 is 10.6 Å². The molecule has 2 aliphatic rings. The van der Waals surface area contributed by atoms with Gasteiger partial charge in [0.15, 0.2) is 28.9 Å². The molecule has 42 heavy (non-hydrogen) atoms. The fraction of sp³-hybridized carbons (Fsp3) is 0.786. The molecule has 0 bridgehead atoms. The summed E-state index contributed by atoms with van der Waals surface area (Å²) in [6.07, 6.45) is -1.23. The summed E-state index contributed by atoms with van der Waals surface area (Å²) in [5.41, 5.74) is -0.815. The zero-order valence-electron chi connectivity index (χ0n) is 27.1. The van der Waals surface area contributed by atoms with Crippen molar-refractivity contribution in [3.8, 4) is 0 Å². The maximum absolute atomic E-state index is 17.3. The molecule has 0 radical (unpaired) electrons. The average Bonchev–Trinajstić information content (AvgIpc) is 3.40. The van der Waals surface area contributed by atoms with Gasteiger partial charge in [-0.15, -0.1) is 0 Å². The van der Waals surface area contributed by atoms with Crippen LogP contribution in [0.1, 0.15) is 82.4 Å². The number of aromatic nitrogens is 4. The van der Waals surface area contributed by atoms with Crippen molar-refractivity contribution in [1.29, 1.82) is 0 Å². The average molecular weight is 625 g/mol. The molecular formula is C28H49FN6O5Si2. The Labute approximate surface area is 251 Å². The quantitative estimate of drug-likeness (QED) is 0.338. The largest absolute Gasteiger partial charge is 0.414 e. The molecule has 4 heterocycles. The van der Waals surface area contributed by atoms with Crippen LogP contribution in [0.2, 0.25) is 22.2 Å². The third-order valence-electron chi connectivity index (χ3n) is 8.67. The number of fused-ring (bicyclic) bond motifs is 2. The van der Waals surface area contributed by atoms with Gasteiger partial charge in [-0.3, -0.25) is 14.7 Å². The minimum Gasteiger partial charge on any atom is -0.414 e. The lowest BCUT2D eigenvalue weighted by molar-refractivity contribution is -0.118. The summed E-state index contributed by atoms with van der Waals surface area (Å²) < 4.78 is 46.4. The lowest BCUT2D eigenvalue weighted by Crippen LogP contribution is -2.66. The van der Waals surface area contributed by atoms with Crippen molar-refractivity contribution in [2.75, 3.05) is 24.3 Å². The normalized spacial score (nSPS) is 27.6. The van der Waals surface area contributed by atoms with E-state index in [1.54, 1.807) is 25.5 Å². The van der Waals surface area contributed by atoms with Crippen molar-refractivity contribution < 1.29 is 26.9 Å². The Hall–Kier alpha value is -1.98. The topological polar surface area (TPSA) is 122 Å². The second-order valence-electron chi connectivity index (χ2n) is 13.3. The molecular weight excluding hydrogens is 576 g/mol. The number of halogens is 1. The van der Waals surface area contributed by atoms with Gasteiger partial charge in [0.2, 0.25) is 11.9 Å². The van der Waals surface area contributed by atoms with E-state index < -0.39 is 41.2 Å². The molecule has 4 rings (SSSR count). The monoisotopic (exact) mass is 624 g/mol. The highest BCUT2D eigenvalue weighted by molar-refractivity contribution is 6.84. The fourth-order valence-corrected chi connectivity index (χ4v) is 17.5. The predicted molar refractivity (Wildman–Crippen MR) is 166 cm³/mol. The zero-order chi connectivity index (χ0) is 31.4. The standard InChI is InChI=1S/C28H49FN6O5Si2/c1-15(2)25(36)34-27-32-23(30-12)21-24(33-27)35(14-31-21)26-28(11,29)22-20(38-26)13-37-41(16(3)4,17(5)6)40-42(39-22,18(7)8)19(9)10/h14-20,22,26H,13H2,1-12H3,(H2,30,32,33,34,36)/t20-,22-,26-,28-/m1/s1. The molecule has 2 saturated heterocycles. The summed E-state index contributed by atoms with van der Waals surface area (Å²) in [5.74, 6) is 0.00538. The number of imidazole rings is 1. The Bertz CT molecular complexity index is 1270. The van der Waals surface area contributed by atoms with Crippen molar-refractivity contribution in [3.63, 3.8) is 0 Å². The number of carbonyl (C=O) groups excluding carboxylic acids is 1. The van der Waals surface area contributed by atoms with Crippen LogP contribution >= 0.6 is 0 Å². The first-order valence-corrected chi connectivity index (χ1v) is 19.0. The molecule has 236 valence electrons. The number of hydrogen-bond donors (Lipinski definition) is 2. The molecule has 0 spiro atoms. The van der Waals surface area contributed by atoms with Gasteiger partial charge in [0.1, 0.15) is 12.2 Å². The Morgan fingerprint density at radius 1 is 1.02 bits per heavy atom. The number of anilines is 2. The van der Waals surface area contributed by atoms with Crippen LogP contribution in [0.4, 0.5) is 16.2 Å². The third kappa shape index (κ3) is 5.42. The van der Waals surface area contributed by atoms with E-state index in [2.05, 4.69) is 81.0 Å². The van der Waals surface area contributed by atoms with Crippen LogP contribution in [0.5, 0.6) is 0 Å². The SMILES string of the molecule is CNc1nc(NC(=O)C(C)C)nc2c1ncn2[C@@H]1O[C@@H]2CO[Si](C(C)C)(C(C)C)O[Si](C(C)C)(C(C)C)O[C@H]2[C@@]1(C)F. The maximum atomic E-state index is 17.3. The van der Waals surface area contributed by atoms with Gasteiger partial charge in [0.25, 0.3) is 0 Å². The van der Waals surface area contributed by atoms with E-state index in [9.17, 15) is 4.79 Å². The van der Waals surface area contributed by atoms with E-state index in [-0.39, 0.29) is 46.5 Å². The van der Waals surface area contributed by atoms with Gasteiger partial charge >= 0.3 is 17.1 Å². The minimum atomic E-state index is -3.07. The maximum Gasteiger partial charge on any atom is 0.335 e. The Kier molecular flexibility index (Phi) is 9.28. The van der Waals surface area contributed by atoms with Crippen molar-refractivity contribution in [2.45, 2.75) is 122 Å². The van der Waals surface area contributed by atoms with Crippen LogP contribution in [-0.4, -0.2) is 74.1 Å². The first kappa shape index (κ1) is 32.9. The molecule has 2 fully saturated rings. The van der Waals surface area contributed by atoms with Crippen molar-refractivity contribution >= 4 is 46.0 Å². The summed E-state index contributed by atoms with van der Waals surface area (Å²) in [6.45, 7) is 22.3. The molecule has 14 heteroatoms. The number of carbonyl (C=O) groups is 1. The summed E-state index contributed by atoms with van der Waals surface area (Å²) in [7, 11) is -4.18. The van der Waals surface area contributed by atoms with Gasteiger partial charge in [-0.05, 0) is 29.1 Å². The molecule has 4 atom stereocenters. The first-order chi connectivity index (χ1) is 19.5. The fourth-order valence-electron chi connectivity index (χ4n) is 6.23. The van der Waals surface area contributed by atoms with E-state index in [0.29, 0.717) is 17.0 Å². The van der Waals surface area contributed by atoms with Gasteiger partial charge in [-0.25, -0.2) is 9.37 Å². The summed E-state index contributed by atoms with van der Waals surface area (Å²) >= 11 is 0. The van der Waals surface area contributed by atoms with E-state index >= 15 is 4.39 Å². The number of nitrogens with one attached hydrogen (secondary N) is 2. The lowest BCUT2D eigenvalue weighted by atomic mass is 9.98. The number of amides is 1. The van der Waals surface area contributed by atoms with Crippen LogP contribution in [0.3, 0.4) is 0 Å². The number of ether oxygens (including phenoxy) is 1. The van der Waals surface area contributed by atoms with E-state index in [4.69, 9.17) is 17.7 Å². The summed E-state index contributed by atoms with van der Waals surface area (Å²) in [5, 5.41) is 5.75. The van der Waals surface area contributed by atoms with Crippen molar-refractivity contribution in [3.05, 3.63) is 6.33 Å². The van der Waals surface area contributed by atoms with Crippen molar-refractivity contribution in [2.24, 2.45) is 5.92 Å². The molecule has 2 aliphatic heterocycles. The molecule has 0 saturated carbocycles. The van der Waals surface area contributed by atoms with Crippen LogP contribution in [-0.2, 0) is 22.5 Å². The van der Waals surface area contributed by atoms with Gasteiger partial charge in [-0.2, -0.15) is 9.97 Å². The minimum absolute atomic E-state index is 0.0474. The number of hydrogen-bond acceptors (Lipinski definition) is 9. The molecule has 2 N–H and O–H groups in total. The van der Waals surface area contributed by atoms with E-state index in [1.807, 2.05) is 0 Å². The molecule has 0 unspecified atom stereocenters. The molecule has 2 aromatic heterocycles. The van der Waals surface area contributed by atoms with Gasteiger partial charge in [0, 0.05) is 13.0 Å². The van der Waals surface area contributed by atoms with Gasteiger partial charge in [-0.1, -0.05) is 69.2 Å². The highest BCUT2D eigenvalue weighted by atomic mass is 28.5. The second-order valence-corrected chi connectivity index (χ2v) is 22.2. The number of nitrogens with zero attached hydrogens (tertiary/aromatic N) is 4. The van der Waals surface area contributed by atoms with E-state index in [0.717, 1.165) is 0 Å². The van der Waals surface area contributed by atoms with E-state index in [1.165, 1.54) is 13.3 Å². The molecule has 11 nitrogen and oxygen atoms in total. The van der Waals surface area contributed by atoms with Crippen molar-refractivity contribution in [1.82, 2.24) is 19.5 Å².